The van der Waals surface area contributed by atoms with Crippen molar-refractivity contribution < 1.29 is 17.5 Å². The Bertz CT molecular complexity index is 273. The number of unbranched alkanes of at least 4 members (excludes halogenated alkanes) is 3. The van der Waals surface area contributed by atoms with Crippen LogP contribution in [0.4, 0.5) is 0 Å². The van der Waals surface area contributed by atoms with Crippen molar-refractivity contribution in [1.82, 2.24) is 0 Å². The van der Waals surface area contributed by atoms with E-state index in [9.17, 15) is 8.42 Å². The summed E-state index contributed by atoms with van der Waals surface area (Å²) in [6.07, 6.45) is 5.46. The fraction of sp³-hybridized carbons (Fsp3) is 1.00. The molecule has 0 aliphatic heterocycles. The third-order valence-electron chi connectivity index (χ3n) is 2.78. The van der Waals surface area contributed by atoms with Crippen molar-refractivity contribution in [2.24, 2.45) is 0 Å². The van der Waals surface area contributed by atoms with Crippen LogP contribution in [0, 0.1) is 0 Å². The highest BCUT2D eigenvalue weighted by atomic mass is 32.2. The van der Waals surface area contributed by atoms with E-state index in [2.05, 4.69) is 21.0 Å². The normalized spacial score (nSPS) is 13.0. The lowest BCUT2D eigenvalue weighted by molar-refractivity contribution is -0.890. The smallest absolute Gasteiger partial charge is 0.265 e. The molecule has 0 amide bonds. The van der Waals surface area contributed by atoms with Gasteiger partial charge in [0.05, 0.1) is 32.9 Å². The van der Waals surface area contributed by atoms with Crippen LogP contribution in [0.2, 0.25) is 0 Å². The molecule has 98 valence electrons. The molecule has 0 fully saturated rings. The maximum Gasteiger partial charge on any atom is 0.265 e. The van der Waals surface area contributed by atoms with Crippen molar-refractivity contribution in [3.05, 3.63) is 0 Å². The molecule has 0 saturated heterocycles. The van der Waals surface area contributed by atoms with Crippen molar-refractivity contribution in [3.8, 4) is 0 Å². The first-order chi connectivity index (χ1) is 7.27. The molecule has 5 heteroatoms. The fourth-order valence-corrected chi connectivity index (χ4v) is 2.25. The minimum atomic E-state index is -3.79. The van der Waals surface area contributed by atoms with Crippen LogP contribution in [0.25, 0.3) is 0 Å². The molecule has 0 rings (SSSR count). The second-order valence-electron chi connectivity index (χ2n) is 5.08. The zero-order chi connectivity index (χ0) is 12.7. The lowest BCUT2D eigenvalue weighted by Crippen LogP contribution is -2.41. The van der Waals surface area contributed by atoms with E-state index in [0.29, 0.717) is 6.42 Å². The van der Waals surface area contributed by atoms with E-state index >= 15 is 0 Å². The summed E-state index contributed by atoms with van der Waals surface area (Å²) < 4.78 is 30.6. The van der Waals surface area contributed by atoms with Gasteiger partial charge in [0.25, 0.3) is 10.1 Å². The standard InChI is InChI=1S/C11H25NO3S/c1-4-5-6-7-9-12(2,3)10-8-11-16(13,14)15/h4-11H2,1-3H3/p+1. The number of quaternary nitrogens is 1. The zero-order valence-electron chi connectivity index (χ0n) is 10.8. The summed E-state index contributed by atoms with van der Waals surface area (Å²) in [7, 11) is 0.428. The predicted octanol–water partition coefficient (Wildman–Crippen LogP) is 1.92. The van der Waals surface area contributed by atoms with Gasteiger partial charge in [-0.1, -0.05) is 19.8 Å². The van der Waals surface area contributed by atoms with Crippen LogP contribution in [0.1, 0.15) is 39.0 Å². The van der Waals surface area contributed by atoms with Crippen LogP contribution in [-0.2, 0) is 10.1 Å². The highest BCUT2D eigenvalue weighted by Crippen LogP contribution is 2.06. The molecule has 0 radical (unpaired) electrons. The predicted molar refractivity (Wildman–Crippen MR) is 67.0 cm³/mol. The largest absolute Gasteiger partial charge is 0.328 e. The Morgan fingerprint density at radius 2 is 1.56 bits per heavy atom. The fourth-order valence-electron chi connectivity index (χ4n) is 1.75. The van der Waals surface area contributed by atoms with Gasteiger partial charge >= 0.3 is 0 Å². The molecule has 1 N–H and O–H groups in total. The molecule has 0 aliphatic carbocycles. The molecule has 0 unspecified atom stereocenters. The average Bonchev–Trinajstić information content (AvgIpc) is 2.10. The van der Waals surface area contributed by atoms with E-state index in [1.54, 1.807) is 0 Å². The summed E-state index contributed by atoms with van der Waals surface area (Å²) in [5, 5.41) is 0. The lowest BCUT2D eigenvalue weighted by atomic mass is 10.2. The summed E-state index contributed by atoms with van der Waals surface area (Å²) in [6, 6.07) is 0. The molecule has 0 aromatic carbocycles. The maximum atomic E-state index is 10.6. The van der Waals surface area contributed by atoms with Crippen LogP contribution in [0.5, 0.6) is 0 Å². The molecular weight excluding hydrogens is 226 g/mol. The summed E-state index contributed by atoms with van der Waals surface area (Å²) >= 11 is 0. The Morgan fingerprint density at radius 3 is 2.06 bits per heavy atom. The van der Waals surface area contributed by atoms with Gasteiger partial charge in [0.2, 0.25) is 0 Å². The maximum absolute atomic E-state index is 10.6. The van der Waals surface area contributed by atoms with Gasteiger partial charge in [0.1, 0.15) is 0 Å². The summed E-state index contributed by atoms with van der Waals surface area (Å²) in [5.41, 5.74) is 0. The molecule has 0 aromatic rings. The van der Waals surface area contributed by atoms with Crippen LogP contribution in [0.15, 0.2) is 0 Å². The molecule has 0 aliphatic rings. The van der Waals surface area contributed by atoms with E-state index in [1.165, 1.54) is 25.7 Å². The topological polar surface area (TPSA) is 54.4 Å². The molecule has 0 bridgehead atoms. The van der Waals surface area contributed by atoms with Crippen LogP contribution < -0.4 is 0 Å². The molecule has 0 saturated carbocycles. The summed E-state index contributed by atoms with van der Waals surface area (Å²) in [4.78, 5) is 0. The quantitative estimate of drug-likeness (QED) is 0.387. The third kappa shape index (κ3) is 10.4. The van der Waals surface area contributed by atoms with Crippen molar-refractivity contribution >= 4 is 10.1 Å². The SMILES string of the molecule is CCCCCC[N+](C)(C)CCCS(=O)(=O)O. The molecule has 16 heavy (non-hydrogen) atoms. The third-order valence-corrected chi connectivity index (χ3v) is 3.59. The van der Waals surface area contributed by atoms with Crippen molar-refractivity contribution in [3.63, 3.8) is 0 Å². The van der Waals surface area contributed by atoms with Gasteiger partial charge in [-0.3, -0.25) is 4.55 Å². The Labute approximate surface area is 100.0 Å². The van der Waals surface area contributed by atoms with Gasteiger partial charge in [-0.25, -0.2) is 0 Å². The lowest BCUT2D eigenvalue weighted by Gasteiger charge is -2.29. The molecule has 0 atom stereocenters. The number of hydrogen-bond acceptors (Lipinski definition) is 2. The van der Waals surface area contributed by atoms with Gasteiger partial charge in [0.15, 0.2) is 0 Å². The van der Waals surface area contributed by atoms with E-state index in [4.69, 9.17) is 4.55 Å². The Balaban J connectivity index is 3.70. The van der Waals surface area contributed by atoms with Crippen LogP contribution in [0.3, 0.4) is 0 Å². The highest BCUT2D eigenvalue weighted by Gasteiger charge is 2.15. The van der Waals surface area contributed by atoms with E-state index in [0.717, 1.165) is 17.6 Å². The van der Waals surface area contributed by atoms with E-state index in [-0.39, 0.29) is 5.75 Å². The minimum absolute atomic E-state index is 0.121. The summed E-state index contributed by atoms with van der Waals surface area (Å²) in [5.74, 6) is -0.121. The van der Waals surface area contributed by atoms with Crippen LogP contribution >= 0.6 is 0 Å². The number of hydrogen-bond donors (Lipinski definition) is 1. The van der Waals surface area contributed by atoms with Gasteiger partial charge < -0.3 is 4.48 Å². The zero-order valence-corrected chi connectivity index (χ0v) is 11.6. The second kappa shape index (κ2) is 7.25. The van der Waals surface area contributed by atoms with E-state index < -0.39 is 10.1 Å². The van der Waals surface area contributed by atoms with Crippen LogP contribution in [-0.4, -0.2) is 50.4 Å². The number of nitrogens with zero attached hydrogens (tertiary/aromatic N) is 1. The molecule has 0 aromatic heterocycles. The highest BCUT2D eigenvalue weighted by molar-refractivity contribution is 7.85. The van der Waals surface area contributed by atoms with E-state index in [1.807, 2.05) is 0 Å². The van der Waals surface area contributed by atoms with Gasteiger partial charge in [-0.2, -0.15) is 8.42 Å². The first-order valence-electron chi connectivity index (χ1n) is 6.04. The first-order valence-corrected chi connectivity index (χ1v) is 7.65. The number of rotatable bonds is 9. The Kier molecular flexibility index (Phi) is 7.19. The Morgan fingerprint density at radius 1 is 1.00 bits per heavy atom. The van der Waals surface area contributed by atoms with Crippen molar-refractivity contribution in [2.75, 3.05) is 32.9 Å². The average molecular weight is 252 g/mol. The minimum Gasteiger partial charge on any atom is -0.328 e. The van der Waals surface area contributed by atoms with Crippen molar-refractivity contribution in [1.29, 1.82) is 0 Å². The Hall–Kier alpha value is -0.130. The van der Waals surface area contributed by atoms with Gasteiger partial charge in [-0.05, 0) is 12.8 Å². The van der Waals surface area contributed by atoms with Gasteiger partial charge in [-0.15, -0.1) is 0 Å². The first kappa shape index (κ1) is 15.9. The van der Waals surface area contributed by atoms with Crippen molar-refractivity contribution in [2.45, 2.75) is 39.0 Å². The summed E-state index contributed by atoms with van der Waals surface area (Å²) in [6.45, 7) is 4.06. The monoisotopic (exact) mass is 252 g/mol. The molecule has 0 spiro atoms. The molecule has 0 heterocycles. The molecular formula is C11H26NO3S+. The second-order valence-corrected chi connectivity index (χ2v) is 6.66. The van der Waals surface area contributed by atoms with Gasteiger partial charge in [0, 0.05) is 6.42 Å². The molecule has 4 nitrogen and oxygen atoms in total.